The van der Waals surface area contributed by atoms with E-state index in [0.29, 0.717) is 0 Å². The van der Waals surface area contributed by atoms with Crippen LogP contribution in [0, 0.1) is 0 Å². The first-order valence-corrected chi connectivity index (χ1v) is 5.72. The van der Waals surface area contributed by atoms with Gasteiger partial charge in [-0.15, -0.1) is 6.58 Å². The summed E-state index contributed by atoms with van der Waals surface area (Å²) in [7, 11) is 0. The number of hydrogen-bond donors (Lipinski definition) is 1. The molecule has 90 valence electrons. The first kappa shape index (κ1) is 14.6. The molecular formula is C12H24O3. The monoisotopic (exact) mass is 216 g/mol. The molecule has 0 aliphatic rings. The van der Waals surface area contributed by atoms with Crippen LogP contribution in [0.2, 0.25) is 0 Å². The SMILES string of the molecule is C=CCCOC(C)CCOCCCCO. The lowest BCUT2D eigenvalue weighted by molar-refractivity contribution is 0.0326. The molecule has 0 radical (unpaired) electrons. The second-order valence-corrected chi connectivity index (χ2v) is 3.59. The maximum absolute atomic E-state index is 8.55. The molecule has 0 rings (SSSR count). The van der Waals surface area contributed by atoms with Crippen LogP contribution in [0.25, 0.3) is 0 Å². The predicted octanol–water partition coefficient (Wildman–Crippen LogP) is 2.15. The highest BCUT2D eigenvalue weighted by atomic mass is 16.5. The average Bonchev–Trinajstić information content (AvgIpc) is 2.23. The van der Waals surface area contributed by atoms with Gasteiger partial charge in [0.2, 0.25) is 0 Å². The molecular weight excluding hydrogens is 192 g/mol. The zero-order chi connectivity index (χ0) is 11.4. The summed E-state index contributed by atoms with van der Waals surface area (Å²) >= 11 is 0. The summed E-state index contributed by atoms with van der Waals surface area (Å²) in [6.07, 6.45) is 5.70. The second-order valence-electron chi connectivity index (χ2n) is 3.59. The lowest BCUT2D eigenvalue weighted by Gasteiger charge is -2.12. The topological polar surface area (TPSA) is 38.7 Å². The lowest BCUT2D eigenvalue weighted by atomic mass is 10.3. The van der Waals surface area contributed by atoms with Crippen LogP contribution >= 0.6 is 0 Å². The van der Waals surface area contributed by atoms with E-state index in [2.05, 4.69) is 13.5 Å². The molecule has 3 heteroatoms. The van der Waals surface area contributed by atoms with Crippen molar-refractivity contribution in [3.8, 4) is 0 Å². The molecule has 0 saturated carbocycles. The van der Waals surface area contributed by atoms with Crippen LogP contribution < -0.4 is 0 Å². The van der Waals surface area contributed by atoms with Crippen molar-refractivity contribution in [1.82, 2.24) is 0 Å². The van der Waals surface area contributed by atoms with Crippen LogP contribution in [-0.4, -0.2) is 37.6 Å². The van der Waals surface area contributed by atoms with E-state index in [1.807, 2.05) is 6.08 Å². The summed E-state index contributed by atoms with van der Waals surface area (Å²) in [4.78, 5) is 0. The van der Waals surface area contributed by atoms with Gasteiger partial charge in [-0.1, -0.05) is 6.08 Å². The zero-order valence-corrected chi connectivity index (χ0v) is 9.78. The normalized spacial score (nSPS) is 12.7. The Morgan fingerprint density at radius 2 is 2.07 bits per heavy atom. The lowest BCUT2D eigenvalue weighted by Crippen LogP contribution is -2.12. The Hall–Kier alpha value is -0.380. The van der Waals surface area contributed by atoms with E-state index in [4.69, 9.17) is 14.6 Å². The third-order valence-electron chi connectivity index (χ3n) is 2.09. The maximum atomic E-state index is 8.55. The molecule has 0 aromatic rings. The third kappa shape index (κ3) is 11.5. The Bertz CT molecular complexity index is 137. The van der Waals surface area contributed by atoms with E-state index in [9.17, 15) is 0 Å². The molecule has 0 aromatic heterocycles. The van der Waals surface area contributed by atoms with Crippen molar-refractivity contribution in [2.24, 2.45) is 0 Å². The van der Waals surface area contributed by atoms with Crippen molar-refractivity contribution < 1.29 is 14.6 Å². The second kappa shape index (κ2) is 11.7. The van der Waals surface area contributed by atoms with Crippen molar-refractivity contribution in [2.75, 3.05) is 26.4 Å². The van der Waals surface area contributed by atoms with Crippen LogP contribution in [0.3, 0.4) is 0 Å². The Morgan fingerprint density at radius 3 is 2.73 bits per heavy atom. The fourth-order valence-corrected chi connectivity index (χ4v) is 1.10. The first-order chi connectivity index (χ1) is 7.31. The predicted molar refractivity (Wildman–Crippen MR) is 62.0 cm³/mol. The van der Waals surface area contributed by atoms with Crippen LogP contribution in [-0.2, 0) is 9.47 Å². The fraction of sp³-hybridized carbons (Fsp3) is 0.833. The molecule has 0 fully saturated rings. The fourth-order valence-electron chi connectivity index (χ4n) is 1.10. The number of rotatable bonds is 11. The van der Waals surface area contributed by atoms with E-state index in [1.165, 1.54) is 0 Å². The van der Waals surface area contributed by atoms with Crippen molar-refractivity contribution in [3.05, 3.63) is 12.7 Å². The largest absolute Gasteiger partial charge is 0.396 e. The standard InChI is InChI=1S/C12H24O3/c1-3-4-10-15-12(2)7-11-14-9-6-5-8-13/h3,12-13H,1,4-11H2,2H3. The van der Waals surface area contributed by atoms with Gasteiger partial charge in [0, 0.05) is 19.8 Å². The van der Waals surface area contributed by atoms with Gasteiger partial charge in [-0.25, -0.2) is 0 Å². The summed E-state index contributed by atoms with van der Waals surface area (Å²) in [6.45, 7) is 8.16. The molecule has 1 atom stereocenters. The van der Waals surface area contributed by atoms with Crippen LogP contribution in [0.15, 0.2) is 12.7 Å². The van der Waals surface area contributed by atoms with Crippen LogP contribution in [0.1, 0.15) is 32.6 Å². The molecule has 0 aliphatic heterocycles. The van der Waals surface area contributed by atoms with Crippen molar-refractivity contribution in [1.29, 1.82) is 0 Å². The van der Waals surface area contributed by atoms with E-state index < -0.39 is 0 Å². The molecule has 0 bridgehead atoms. The molecule has 3 nitrogen and oxygen atoms in total. The molecule has 0 aliphatic carbocycles. The molecule has 0 spiro atoms. The van der Waals surface area contributed by atoms with Gasteiger partial charge in [0.25, 0.3) is 0 Å². The molecule has 1 unspecified atom stereocenters. The van der Waals surface area contributed by atoms with E-state index >= 15 is 0 Å². The summed E-state index contributed by atoms with van der Waals surface area (Å²) < 4.78 is 10.9. The minimum atomic E-state index is 0.253. The van der Waals surface area contributed by atoms with Crippen molar-refractivity contribution in [2.45, 2.75) is 38.7 Å². The average molecular weight is 216 g/mol. The summed E-state index contributed by atoms with van der Waals surface area (Å²) in [5.74, 6) is 0. The van der Waals surface area contributed by atoms with E-state index in [0.717, 1.165) is 45.5 Å². The maximum Gasteiger partial charge on any atom is 0.0569 e. The minimum Gasteiger partial charge on any atom is -0.396 e. The highest BCUT2D eigenvalue weighted by molar-refractivity contribution is 4.65. The quantitative estimate of drug-likeness (QED) is 0.425. The molecule has 15 heavy (non-hydrogen) atoms. The molecule has 0 heterocycles. The van der Waals surface area contributed by atoms with Crippen LogP contribution in [0.5, 0.6) is 0 Å². The smallest absolute Gasteiger partial charge is 0.0569 e. The Balaban J connectivity index is 3.09. The highest BCUT2D eigenvalue weighted by Gasteiger charge is 2.00. The summed E-state index contributed by atoms with van der Waals surface area (Å²) in [6, 6.07) is 0. The van der Waals surface area contributed by atoms with Gasteiger partial charge in [-0.05, 0) is 32.6 Å². The number of aliphatic hydroxyl groups excluding tert-OH is 1. The van der Waals surface area contributed by atoms with Gasteiger partial charge in [0.1, 0.15) is 0 Å². The van der Waals surface area contributed by atoms with E-state index in [-0.39, 0.29) is 12.7 Å². The van der Waals surface area contributed by atoms with Crippen molar-refractivity contribution >= 4 is 0 Å². The van der Waals surface area contributed by atoms with Gasteiger partial charge in [-0.3, -0.25) is 0 Å². The Kier molecular flexibility index (Phi) is 11.4. The number of ether oxygens (including phenoxy) is 2. The number of aliphatic hydroxyl groups is 1. The summed E-state index contributed by atoms with van der Waals surface area (Å²) in [5.41, 5.74) is 0. The number of unbranched alkanes of at least 4 members (excludes halogenated alkanes) is 1. The minimum absolute atomic E-state index is 0.253. The third-order valence-corrected chi connectivity index (χ3v) is 2.09. The zero-order valence-electron chi connectivity index (χ0n) is 9.78. The molecule has 1 N–H and O–H groups in total. The van der Waals surface area contributed by atoms with Gasteiger partial charge in [0.15, 0.2) is 0 Å². The van der Waals surface area contributed by atoms with Gasteiger partial charge >= 0.3 is 0 Å². The van der Waals surface area contributed by atoms with Crippen LogP contribution in [0.4, 0.5) is 0 Å². The molecule has 0 amide bonds. The van der Waals surface area contributed by atoms with E-state index in [1.54, 1.807) is 0 Å². The number of hydrogen-bond acceptors (Lipinski definition) is 3. The molecule has 0 aromatic carbocycles. The Labute approximate surface area is 93.1 Å². The highest BCUT2D eigenvalue weighted by Crippen LogP contribution is 2.00. The first-order valence-electron chi connectivity index (χ1n) is 5.72. The van der Waals surface area contributed by atoms with Gasteiger partial charge in [0.05, 0.1) is 12.7 Å². The Morgan fingerprint density at radius 1 is 1.27 bits per heavy atom. The van der Waals surface area contributed by atoms with Gasteiger partial charge in [-0.2, -0.15) is 0 Å². The summed E-state index contributed by atoms with van der Waals surface area (Å²) in [5, 5.41) is 8.55. The van der Waals surface area contributed by atoms with Gasteiger partial charge < -0.3 is 14.6 Å². The molecule has 0 saturated heterocycles. The van der Waals surface area contributed by atoms with Crippen molar-refractivity contribution in [3.63, 3.8) is 0 Å².